The number of anilines is 1. The molecule has 1 rings (SSSR count). The Morgan fingerprint density at radius 1 is 1.40 bits per heavy atom. The van der Waals surface area contributed by atoms with Crippen LogP contribution in [-0.2, 0) is 14.8 Å². The van der Waals surface area contributed by atoms with E-state index in [-0.39, 0.29) is 17.0 Å². The molecule has 0 spiro atoms. The number of carbonyl (C=O) groups excluding carboxylic acids is 1. The van der Waals surface area contributed by atoms with E-state index in [1.54, 1.807) is 18.4 Å². The SMILES string of the molecule is C=CCS(=O)(=O)Nc1ccccc1[C]=O. The Balaban J connectivity index is 2.99. The lowest BCUT2D eigenvalue weighted by atomic mass is 10.2. The van der Waals surface area contributed by atoms with Crippen LogP contribution in [0.15, 0.2) is 36.9 Å². The Labute approximate surface area is 88.7 Å². The summed E-state index contributed by atoms with van der Waals surface area (Å²) >= 11 is 0. The first-order valence-corrected chi connectivity index (χ1v) is 5.83. The molecule has 0 fully saturated rings. The maximum atomic E-state index is 11.4. The van der Waals surface area contributed by atoms with Crippen LogP contribution in [0.25, 0.3) is 0 Å². The fourth-order valence-corrected chi connectivity index (χ4v) is 1.93. The minimum absolute atomic E-state index is 0.185. The van der Waals surface area contributed by atoms with Crippen molar-refractivity contribution in [1.29, 1.82) is 0 Å². The molecule has 0 aromatic heterocycles. The fraction of sp³-hybridized carbons (Fsp3) is 0.100. The van der Waals surface area contributed by atoms with Gasteiger partial charge in [-0.2, -0.15) is 0 Å². The van der Waals surface area contributed by atoms with E-state index in [1.807, 2.05) is 0 Å². The van der Waals surface area contributed by atoms with Crippen LogP contribution in [0.5, 0.6) is 0 Å². The second-order valence-electron chi connectivity index (χ2n) is 2.82. The van der Waals surface area contributed by atoms with Crippen molar-refractivity contribution in [3.05, 3.63) is 42.5 Å². The van der Waals surface area contributed by atoms with E-state index in [0.717, 1.165) is 0 Å². The van der Waals surface area contributed by atoms with Gasteiger partial charge in [0.2, 0.25) is 16.3 Å². The molecule has 0 amide bonds. The molecule has 0 saturated carbocycles. The molecule has 1 aromatic rings. The van der Waals surface area contributed by atoms with Crippen LogP contribution in [0.4, 0.5) is 5.69 Å². The van der Waals surface area contributed by atoms with Gasteiger partial charge in [0.15, 0.2) is 0 Å². The van der Waals surface area contributed by atoms with Gasteiger partial charge in [-0.1, -0.05) is 18.2 Å². The zero-order chi connectivity index (χ0) is 11.3. The number of hydrogen-bond acceptors (Lipinski definition) is 3. The lowest BCUT2D eigenvalue weighted by Crippen LogP contribution is -2.16. The van der Waals surface area contributed by atoms with Crippen molar-refractivity contribution in [3.63, 3.8) is 0 Å². The summed E-state index contributed by atoms with van der Waals surface area (Å²) in [6.07, 6.45) is 2.93. The van der Waals surface area contributed by atoms with E-state index in [4.69, 9.17) is 0 Å². The summed E-state index contributed by atoms with van der Waals surface area (Å²) in [4.78, 5) is 10.5. The second-order valence-corrected chi connectivity index (χ2v) is 4.59. The third kappa shape index (κ3) is 3.21. The fourth-order valence-electron chi connectivity index (χ4n) is 1.03. The molecule has 0 bridgehead atoms. The van der Waals surface area contributed by atoms with Crippen molar-refractivity contribution in [2.24, 2.45) is 0 Å². The maximum absolute atomic E-state index is 11.4. The van der Waals surface area contributed by atoms with E-state index in [0.29, 0.717) is 0 Å². The molecule has 4 nitrogen and oxygen atoms in total. The van der Waals surface area contributed by atoms with Gasteiger partial charge in [0.1, 0.15) is 0 Å². The predicted octanol–water partition coefficient (Wildman–Crippen LogP) is 1.07. The molecule has 15 heavy (non-hydrogen) atoms. The third-order valence-electron chi connectivity index (χ3n) is 1.64. The molecule has 1 radical (unpaired) electrons. The topological polar surface area (TPSA) is 63.2 Å². The molecule has 0 unspecified atom stereocenters. The summed E-state index contributed by atoms with van der Waals surface area (Å²) in [5.74, 6) is -0.194. The molecule has 5 heteroatoms. The van der Waals surface area contributed by atoms with Crippen molar-refractivity contribution in [1.82, 2.24) is 0 Å². The summed E-state index contributed by atoms with van der Waals surface area (Å²) < 4.78 is 25.0. The molecule has 0 heterocycles. The predicted molar refractivity (Wildman–Crippen MR) is 58.8 cm³/mol. The van der Waals surface area contributed by atoms with E-state index in [2.05, 4.69) is 11.3 Å². The van der Waals surface area contributed by atoms with Crippen LogP contribution in [0.3, 0.4) is 0 Å². The van der Waals surface area contributed by atoms with Crippen molar-refractivity contribution in [2.75, 3.05) is 10.5 Å². The molecule has 1 N–H and O–H groups in total. The van der Waals surface area contributed by atoms with Crippen LogP contribution in [0.2, 0.25) is 0 Å². The van der Waals surface area contributed by atoms with Gasteiger partial charge in [0.25, 0.3) is 0 Å². The van der Waals surface area contributed by atoms with Crippen molar-refractivity contribution < 1.29 is 13.2 Å². The number of hydrogen-bond donors (Lipinski definition) is 1. The van der Waals surface area contributed by atoms with Crippen molar-refractivity contribution >= 4 is 22.0 Å². The van der Waals surface area contributed by atoms with Crippen LogP contribution >= 0.6 is 0 Å². The van der Waals surface area contributed by atoms with Crippen LogP contribution < -0.4 is 4.72 Å². The van der Waals surface area contributed by atoms with Gasteiger partial charge in [-0.05, 0) is 12.1 Å². The Hall–Kier alpha value is -1.62. The Kier molecular flexibility index (Phi) is 3.62. The maximum Gasteiger partial charge on any atom is 0.236 e. The quantitative estimate of drug-likeness (QED) is 0.761. The van der Waals surface area contributed by atoms with Gasteiger partial charge in [-0.3, -0.25) is 9.52 Å². The number of benzene rings is 1. The Bertz CT molecular complexity index is 465. The number of sulfonamides is 1. The van der Waals surface area contributed by atoms with Gasteiger partial charge in [0, 0.05) is 0 Å². The molecule has 0 aliphatic heterocycles. The summed E-state index contributed by atoms with van der Waals surface area (Å²) in [7, 11) is -3.46. The molecule has 79 valence electrons. The standard InChI is InChI=1S/C10H10NO3S/c1-2-7-15(13,14)11-10-6-4-3-5-9(10)8-12/h2-6,11H,1,7H2. The largest absolute Gasteiger partial charge is 0.285 e. The van der Waals surface area contributed by atoms with Gasteiger partial charge < -0.3 is 0 Å². The minimum atomic E-state index is -3.46. The van der Waals surface area contributed by atoms with Gasteiger partial charge in [0.05, 0.1) is 17.0 Å². The first kappa shape index (κ1) is 11.5. The highest BCUT2D eigenvalue weighted by molar-refractivity contribution is 7.92. The monoisotopic (exact) mass is 224 g/mol. The summed E-state index contributed by atoms with van der Waals surface area (Å²) in [5, 5.41) is 0. The molecule has 1 aromatic carbocycles. The molecule has 0 saturated heterocycles. The summed E-state index contributed by atoms with van der Waals surface area (Å²) in [6.45, 7) is 3.33. The molecule has 0 aliphatic carbocycles. The highest BCUT2D eigenvalue weighted by Crippen LogP contribution is 2.14. The third-order valence-corrected chi connectivity index (χ3v) is 2.85. The van der Waals surface area contributed by atoms with Gasteiger partial charge in [-0.25, -0.2) is 8.42 Å². The molecular weight excluding hydrogens is 214 g/mol. The lowest BCUT2D eigenvalue weighted by molar-refractivity contribution is 0.563. The highest BCUT2D eigenvalue weighted by Gasteiger charge is 2.10. The van der Waals surface area contributed by atoms with E-state index in [9.17, 15) is 13.2 Å². The first-order valence-electron chi connectivity index (χ1n) is 4.17. The Morgan fingerprint density at radius 3 is 2.67 bits per heavy atom. The van der Waals surface area contributed by atoms with Gasteiger partial charge in [-0.15, -0.1) is 6.58 Å². The normalized spacial score (nSPS) is 10.7. The van der Waals surface area contributed by atoms with Crippen molar-refractivity contribution in [3.8, 4) is 0 Å². The van der Waals surface area contributed by atoms with E-state index >= 15 is 0 Å². The average molecular weight is 224 g/mol. The smallest absolute Gasteiger partial charge is 0.236 e. The summed E-state index contributed by atoms with van der Waals surface area (Å²) in [5.41, 5.74) is 0.416. The van der Waals surface area contributed by atoms with Crippen LogP contribution in [-0.4, -0.2) is 20.5 Å². The van der Waals surface area contributed by atoms with Crippen LogP contribution in [0.1, 0.15) is 5.56 Å². The second kappa shape index (κ2) is 4.75. The zero-order valence-corrected chi connectivity index (χ0v) is 8.75. The van der Waals surface area contributed by atoms with Gasteiger partial charge >= 0.3 is 0 Å². The Morgan fingerprint density at radius 2 is 2.07 bits per heavy atom. The number of rotatable bonds is 5. The zero-order valence-electron chi connectivity index (χ0n) is 7.93. The minimum Gasteiger partial charge on any atom is -0.285 e. The van der Waals surface area contributed by atoms with Crippen LogP contribution in [0, 0.1) is 0 Å². The van der Waals surface area contributed by atoms with E-state index < -0.39 is 10.0 Å². The number of para-hydroxylation sites is 1. The molecular formula is C10H10NO3S. The average Bonchev–Trinajstić information content (AvgIpc) is 2.17. The first-order chi connectivity index (χ1) is 7.09. The molecule has 0 atom stereocenters. The number of nitrogens with one attached hydrogen (secondary N) is 1. The molecule has 0 aliphatic rings. The van der Waals surface area contributed by atoms with Crippen molar-refractivity contribution in [2.45, 2.75) is 0 Å². The lowest BCUT2D eigenvalue weighted by Gasteiger charge is -2.07. The highest BCUT2D eigenvalue weighted by atomic mass is 32.2. The van der Waals surface area contributed by atoms with E-state index in [1.165, 1.54) is 18.2 Å². The summed E-state index contributed by atoms with van der Waals surface area (Å²) in [6, 6.07) is 6.25.